The maximum atomic E-state index is 12.4. The zero-order chi connectivity index (χ0) is 22.5. The minimum atomic E-state index is -1.26. The van der Waals surface area contributed by atoms with Gasteiger partial charge >= 0.3 is 12.0 Å². The Labute approximate surface area is 175 Å². The van der Waals surface area contributed by atoms with Crippen LogP contribution in [0.15, 0.2) is 18.2 Å². The summed E-state index contributed by atoms with van der Waals surface area (Å²) in [5.74, 6) is -1.69. The number of nitro benzene ring substituents is 1. The van der Waals surface area contributed by atoms with Crippen LogP contribution in [-0.4, -0.2) is 47.6 Å². The molecule has 10 nitrogen and oxygen atoms in total. The van der Waals surface area contributed by atoms with Crippen LogP contribution in [0.3, 0.4) is 0 Å². The molecule has 1 aromatic rings. The van der Waals surface area contributed by atoms with Gasteiger partial charge in [0.15, 0.2) is 6.10 Å². The first-order valence-corrected chi connectivity index (χ1v) is 9.85. The monoisotopic (exact) mass is 420 g/mol. The number of nitro groups is 1. The minimum absolute atomic E-state index is 0.0405. The van der Waals surface area contributed by atoms with Crippen molar-refractivity contribution < 1.29 is 24.0 Å². The van der Waals surface area contributed by atoms with Crippen LogP contribution in [0.2, 0.25) is 0 Å². The SMILES string of the molecule is CC(OC(=O)c1ccc(N2CCCCC2)c([N+](=O)[O-])c1)C(=O)NC(=O)NC(C)(C)C. The first kappa shape index (κ1) is 23.1. The molecular formula is C20H28N4O6. The molecule has 2 rings (SSSR count). The summed E-state index contributed by atoms with van der Waals surface area (Å²) in [5, 5.41) is 16.2. The summed E-state index contributed by atoms with van der Waals surface area (Å²) in [6.07, 6.45) is 1.74. The third-order valence-corrected chi connectivity index (χ3v) is 4.48. The molecule has 0 aromatic heterocycles. The van der Waals surface area contributed by atoms with E-state index in [2.05, 4.69) is 10.6 Å². The van der Waals surface area contributed by atoms with Gasteiger partial charge < -0.3 is 15.0 Å². The number of piperidine rings is 1. The zero-order valence-corrected chi connectivity index (χ0v) is 17.7. The van der Waals surface area contributed by atoms with Gasteiger partial charge in [0.2, 0.25) is 0 Å². The van der Waals surface area contributed by atoms with Crippen molar-refractivity contribution in [2.75, 3.05) is 18.0 Å². The van der Waals surface area contributed by atoms with Crippen molar-refractivity contribution in [3.8, 4) is 0 Å². The highest BCUT2D eigenvalue weighted by Crippen LogP contribution is 2.31. The summed E-state index contributed by atoms with van der Waals surface area (Å²) in [4.78, 5) is 49.2. The Bertz CT molecular complexity index is 827. The fourth-order valence-electron chi connectivity index (χ4n) is 3.07. The number of hydrogen-bond acceptors (Lipinski definition) is 7. The van der Waals surface area contributed by atoms with Crippen molar-refractivity contribution in [1.82, 2.24) is 10.6 Å². The molecule has 0 bridgehead atoms. The van der Waals surface area contributed by atoms with Crippen LogP contribution >= 0.6 is 0 Å². The Morgan fingerprint density at radius 1 is 1.17 bits per heavy atom. The summed E-state index contributed by atoms with van der Waals surface area (Å²) in [5.41, 5.74) is -0.311. The lowest BCUT2D eigenvalue weighted by Gasteiger charge is -2.28. The molecule has 1 saturated heterocycles. The van der Waals surface area contributed by atoms with Crippen LogP contribution in [0.5, 0.6) is 0 Å². The highest BCUT2D eigenvalue weighted by molar-refractivity contribution is 5.99. The molecular weight excluding hydrogens is 392 g/mol. The van der Waals surface area contributed by atoms with Crippen molar-refractivity contribution in [2.24, 2.45) is 0 Å². The normalized spacial score (nSPS) is 15.1. The number of rotatable bonds is 5. The van der Waals surface area contributed by atoms with E-state index in [9.17, 15) is 24.5 Å². The molecule has 0 radical (unpaired) electrons. The summed E-state index contributed by atoms with van der Waals surface area (Å²) in [6.45, 7) is 8.01. The van der Waals surface area contributed by atoms with Crippen LogP contribution < -0.4 is 15.5 Å². The van der Waals surface area contributed by atoms with Gasteiger partial charge in [-0.3, -0.25) is 20.2 Å². The number of urea groups is 1. The number of ether oxygens (including phenoxy) is 1. The predicted molar refractivity (Wildman–Crippen MR) is 110 cm³/mol. The number of nitrogens with zero attached hydrogens (tertiary/aromatic N) is 2. The van der Waals surface area contributed by atoms with Crippen LogP contribution in [0.25, 0.3) is 0 Å². The predicted octanol–water partition coefficient (Wildman–Crippen LogP) is 2.75. The van der Waals surface area contributed by atoms with Crippen molar-refractivity contribution in [3.05, 3.63) is 33.9 Å². The van der Waals surface area contributed by atoms with E-state index in [4.69, 9.17) is 4.74 Å². The minimum Gasteiger partial charge on any atom is -0.449 e. The van der Waals surface area contributed by atoms with Crippen molar-refractivity contribution >= 4 is 29.3 Å². The first-order valence-electron chi connectivity index (χ1n) is 9.85. The second kappa shape index (κ2) is 9.55. The van der Waals surface area contributed by atoms with Crippen LogP contribution in [0.1, 0.15) is 57.3 Å². The van der Waals surface area contributed by atoms with Gasteiger partial charge in [0, 0.05) is 24.7 Å². The number of imide groups is 1. The Morgan fingerprint density at radius 3 is 2.37 bits per heavy atom. The molecule has 1 unspecified atom stereocenters. The summed E-state index contributed by atoms with van der Waals surface area (Å²) >= 11 is 0. The highest BCUT2D eigenvalue weighted by atomic mass is 16.6. The lowest BCUT2D eigenvalue weighted by Crippen LogP contribution is -2.50. The number of carbonyl (C=O) groups is 3. The van der Waals surface area contributed by atoms with Gasteiger partial charge in [0.05, 0.1) is 10.5 Å². The molecule has 10 heteroatoms. The van der Waals surface area contributed by atoms with Gasteiger partial charge in [-0.25, -0.2) is 9.59 Å². The molecule has 0 saturated carbocycles. The standard InChI is InChI=1S/C20H28N4O6/c1-13(17(25)21-19(27)22-20(2,3)4)30-18(26)14-8-9-15(16(12-14)24(28)29)23-10-6-5-7-11-23/h8-9,12-13H,5-7,10-11H2,1-4H3,(H2,21,22,25,27). The maximum absolute atomic E-state index is 12.4. The number of nitrogens with one attached hydrogen (secondary N) is 2. The van der Waals surface area contributed by atoms with Gasteiger partial charge in [-0.2, -0.15) is 0 Å². The summed E-state index contributed by atoms with van der Waals surface area (Å²) < 4.78 is 5.08. The molecule has 1 atom stereocenters. The van der Waals surface area contributed by atoms with Gasteiger partial charge in [-0.15, -0.1) is 0 Å². The number of esters is 1. The number of amides is 3. The molecule has 164 valence electrons. The van der Waals surface area contributed by atoms with Crippen LogP contribution in [0.4, 0.5) is 16.2 Å². The Morgan fingerprint density at radius 2 is 1.80 bits per heavy atom. The average molecular weight is 420 g/mol. The molecule has 1 aromatic carbocycles. The van der Waals surface area contributed by atoms with E-state index in [1.165, 1.54) is 19.1 Å². The first-order chi connectivity index (χ1) is 14.0. The van der Waals surface area contributed by atoms with E-state index >= 15 is 0 Å². The molecule has 1 aliphatic heterocycles. The smallest absolute Gasteiger partial charge is 0.339 e. The Balaban J connectivity index is 2.07. The van der Waals surface area contributed by atoms with Gasteiger partial charge in [-0.05, 0) is 59.1 Å². The van der Waals surface area contributed by atoms with Gasteiger partial charge in [0.25, 0.3) is 11.6 Å². The molecule has 1 fully saturated rings. The van der Waals surface area contributed by atoms with E-state index in [0.717, 1.165) is 38.4 Å². The van der Waals surface area contributed by atoms with Crippen molar-refractivity contribution in [2.45, 2.75) is 58.6 Å². The van der Waals surface area contributed by atoms with Gasteiger partial charge in [0.1, 0.15) is 5.69 Å². The third kappa shape index (κ3) is 6.43. The van der Waals surface area contributed by atoms with Crippen molar-refractivity contribution in [3.63, 3.8) is 0 Å². The topological polar surface area (TPSA) is 131 Å². The zero-order valence-electron chi connectivity index (χ0n) is 17.7. The highest BCUT2D eigenvalue weighted by Gasteiger charge is 2.26. The largest absolute Gasteiger partial charge is 0.449 e. The fraction of sp³-hybridized carbons (Fsp3) is 0.550. The number of benzene rings is 1. The number of anilines is 1. The molecule has 2 N–H and O–H groups in total. The summed E-state index contributed by atoms with van der Waals surface area (Å²) in [7, 11) is 0. The second-order valence-electron chi connectivity index (χ2n) is 8.25. The lowest BCUT2D eigenvalue weighted by molar-refractivity contribution is -0.384. The molecule has 30 heavy (non-hydrogen) atoms. The van der Waals surface area contributed by atoms with E-state index in [1.54, 1.807) is 20.8 Å². The van der Waals surface area contributed by atoms with E-state index in [1.807, 2.05) is 4.90 Å². The van der Waals surface area contributed by atoms with Gasteiger partial charge in [-0.1, -0.05) is 0 Å². The van der Waals surface area contributed by atoms with Crippen molar-refractivity contribution in [1.29, 1.82) is 0 Å². The molecule has 3 amide bonds. The van der Waals surface area contributed by atoms with E-state index < -0.39 is 34.5 Å². The third-order valence-electron chi connectivity index (χ3n) is 4.48. The van der Waals surface area contributed by atoms with E-state index in [0.29, 0.717) is 5.69 Å². The van der Waals surface area contributed by atoms with E-state index in [-0.39, 0.29) is 11.3 Å². The summed E-state index contributed by atoms with van der Waals surface area (Å²) in [6, 6.07) is 3.41. The average Bonchev–Trinajstić information content (AvgIpc) is 2.66. The Hall–Kier alpha value is -3.17. The quantitative estimate of drug-likeness (QED) is 0.425. The Kier molecular flexibility index (Phi) is 7.36. The van der Waals surface area contributed by atoms with Crippen LogP contribution in [-0.2, 0) is 9.53 Å². The number of hydrogen-bond donors (Lipinski definition) is 2. The molecule has 0 aliphatic carbocycles. The molecule has 1 aliphatic rings. The second-order valence-corrected chi connectivity index (χ2v) is 8.25. The lowest BCUT2D eigenvalue weighted by atomic mass is 10.1. The number of carbonyl (C=O) groups excluding carboxylic acids is 3. The molecule has 0 spiro atoms. The molecule has 1 heterocycles. The van der Waals surface area contributed by atoms with Crippen LogP contribution in [0, 0.1) is 10.1 Å². The maximum Gasteiger partial charge on any atom is 0.339 e. The fourth-order valence-corrected chi connectivity index (χ4v) is 3.07.